The Balaban J connectivity index is 1.93. The smallest absolute Gasteiger partial charge is 0.329 e. The van der Waals surface area contributed by atoms with E-state index in [0.717, 1.165) is 5.56 Å². The van der Waals surface area contributed by atoms with Crippen molar-refractivity contribution < 1.29 is 33.7 Å². The van der Waals surface area contributed by atoms with Crippen LogP contribution in [-0.4, -0.2) is 59.7 Å². The second-order valence-electron chi connectivity index (χ2n) is 9.13. The van der Waals surface area contributed by atoms with Crippen LogP contribution in [0.15, 0.2) is 36.4 Å². The van der Waals surface area contributed by atoms with Gasteiger partial charge in [0, 0.05) is 12.1 Å². The number of nitrogens with zero attached hydrogens (tertiary/aromatic N) is 1. The average Bonchev–Trinajstić information content (AvgIpc) is 3.67. The molecule has 1 fully saturated rings. The van der Waals surface area contributed by atoms with Gasteiger partial charge < -0.3 is 29.5 Å². The predicted octanol–water partition coefficient (Wildman–Crippen LogP) is 5.25. The number of amides is 2. The topological polar surface area (TPSA) is 114 Å². The number of nitrogens with one attached hydrogen (secondary N) is 1. The van der Waals surface area contributed by atoms with Crippen molar-refractivity contribution in [2.75, 3.05) is 26.4 Å². The minimum absolute atomic E-state index is 0.161. The van der Waals surface area contributed by atoms with Gasteiger partial charge in [-0.3, -0.25) is 4.79 Å². The van der Waals surface area contributed by atoms with Crippen molar-refractivity contribution in [3.05, 3.63) is 58.1 Å². The molecule has 1 saturated carbocycles. The molecule has 1 atom stereocenters. The van der Waals surface area contributed by atoms with Gasteiger partial charge in [0.05, 0.1) is 37.5 Å². The van der Waals surface area contributed by atoms with E-state index < -0.39 is 23.6 Å². The van der Waals surface area contributed by atoms with E-state index in [9.17, 15) is 19.5 Å². The maximum atomic E-state index is 13.4. The first kappa shape index (κ1) is 29.3. The van der Waals surface area contributed by atoms with Gasteiger partial charge in [-0.15, -0.1) is 0 Å². The zero-order valence-electron chi connectivity index (χ0n) is 22.2. The van der Waals surface area contributed by atoms with Gasteiger partial charge >= 0.3 is 12.0 Å². The number of rotatable bonds is 14. The zero-order valence-corrected chi connectivity index (χ0v) is 23.0. The molecule has 0 aliphatic heterocycles. The van der Waals surface area contributed by atoms with Gasteiger partial charge in [0.25, 0.3) is 0 Å². The third-order valence-corrected chi connectivity index (χ3v) is 6.82. The maximum Gasteiger partial charge on any atom is 0.329 e. The first-order valence-corrected chi connectivity index (χ1v) is 13.1. The molecule has 0 aromatic heterocycles. The Kier molecular flexibility index (Phi) is 9.99. The molecule has 1 aliphatic rings. The van der Waals surface area contributed by atoms with Gasteiger partial charge in [-0.2, -0.15) is 0 Å². The molecule has 38 heavy (non-hydrogen) atoms. The molecule has 0 saturated heterocycles. The SMILES string of the molecule is CCOc1cc(C(C)N(CCOCc2ccccc2)C(=O)NC2(C(=O)O)CC2)c(Cl)c(OCC)c1C(C)=O. The lowest BCUT2D eigenvalue weighted by molar-refractivity contribution is -0.140. The fourth-order valence-corrected chi connectivity index (χ4v) is 4.54. The lowest BCUT2D eigenvalue weighted by Gasteiger charge is -2.32. The van der Waals surface area contributed by atoms with Crippen LogP contribution >= 0.6 is 11.6 Å². The van der Waals surface area contributed by atoms with Crippen LogP contribution in [0.3, 0.4) is 0 Å². The highest BCUT2D eigenvalue weighted by atomic mass is 35.5. The Morgan fingerprint density at radius 1 is 1.13 bits per heavy atom. The molecule has 2 aromatic rings. The lowest BCUT2D eigenvalue weighted by atomic mass is 10.00. The second kappa shape index (κ2) is 13.0. The first-order valence-electron chi connectivity index (χ1n) is 12.7. The predicted molar refractivity (Wildman–Crippen MR) is 143 cm³/mol. The summed E-state index contributed by atoms with van der Waals surface area (Å²) in [6, 6.07) is 10.1. The number of carbonyl (C=O) groups is 3. The molecular weight excluding hydrogens is 512 g/mol. The highest BCUT2D eigenvalue weighted by Gasteiger charge is 2.52. The number of carboxylic acids is 1. The van der Waals surface area contributed by atoms with E-state index in [-0.39, 0.29) is 41.9 Å². The highest BCUT2D eigenvalue weighted by molar-refractivity contribution is 6.33. The van der Waals surface area contributed by atoms with Crippen molar-refractivity contribution in [3.8, 4) is 11.5 Å². The van der Waals surface area contributed by atoms with Gasteiger partial charge in [0.2, 0.25) is 0 Å². The molecule has 2 amide bonds. The van der Waals surface area contributed by atoms with E-state index >= 15 is 0 Å². The van der Waals surface area contributed by atoms with E-state index in [4.69, 9.17) is 25.8 Å². The van der Waals surface area contributed by atoms with Crippen LogP contribution in [0.4, 0.5) is 4.79 Å². The number of hydrogen-bond acceptors (Lipinski definition) is 6. The zero-order chi connectivity index (χ0) is 27.9. The standard InChI is InChI=1S/C28H35ClN2O7/c1-5-37-22-16-21(24(29)25(38-6-2)23(22)19(4)32)18(3)31(27(35)30-28(12-13-28)26(33)34)14-15-36-17-20-10-8-7-9-11-20/h7-11,16,18H,5-6,12-15,17H2,1-4H3,(H,30,35)(H,33,34). The highest BCUT2D eigenvalue weighted by Crippen LogP contribution is 2.43. The van der Waals surface area contributed by atoms with Crippen LogP contribution in [0.2, 0.25) is 5.02 Å². The summed E-state index contributed by atoms with van der Waals surface area (Å²) in [4.78, 5) is 39.1. The van der Waals surface area contributed by atoms with Crippen LogP contribution in [-0.2, 0) is 16.1 Å². The third kappa shape index (κ3) is 6.76. The van der Waals surface area contributed by atoms with Gasteiger partial charge in [0.1, 0.15) is 16.9 Å². The van der Waals surface area contributed by atoms with Crippen molar-refractivity contribution in [2.24, 2.45) is 0 Å². The quantitative estimate of drug-likeness (QED) is 0.246. The number of benzene rings is 2. The Morgan fingerprint density at radius 3 is 2.34 bits per heavy atom. The molecule has 0 spiro atoms. The molecule has 1 unspecified atom stereocenters. The summed E-state index contributed by atoms with van der Waals surface area (Å²) in [5.41, 5.74) is 0.460. The van der Waals surface area contributed by atoms with Gasteiger partial charge in [-0.1, -0.05) is 41.9 Å². The first-order chi connectivity index (χ1) is 18.1. The summed E-state index contributed by atoms with van der Waals surface area (Å²) >= 11 is 6.77. The van der Waals surface area contributed by atoms with Crippen molar-refractivity contribution >= 4 is 29.4 Å². The van der Waals surface area contributed by atoms with E-state index in [0.29, 0.717) is 37.4 Å². The largest absolute Gasteiger partial charge is 0.493 e. The van der Waals surface area contributed by atoms with Crippen LogP contribution in [0.25, 0.3) is 0 Å². The Labute approximate surface area is 228 Å². The summed E-state index contributed by atoms with van der Waals surface area (Å²) in [5, 5.41) is 12.5. The number of aliphatic carboxylic acids is 1. The monoisotopic (exact) mass is 546 g/mol. The van der Waals surface area contributed by atoms with Crippen LogP contribution in [0, 0.1) is 0 Å². The van der Waals surface area contributed by atoms with Gasteiger partial charge in [-0.25, -0.2) is 9.59 Å². The minimum Gasteiger partial charge on any atom is -0.493 e. The maximum absolute atomic E-state index is 13.4. The summed E-state index contributed by atoms with van der Waals surface area (Å²) in [5.74, 6) is -0.835. The van der Waals surface area contributed by atoms with Gasteiger partial charge in [-0.05, 0) is 52.2 Å². The molecule has 3 rings (SSSR count). The number of hydrogen-bond donors (Lipinski definition) is 2. The number of Topliss-reactive ketones (excluding diaryl/α,β-unsaturated/α-hetero) is 1. The Bertz CT molecular complexity index is 1150. The second-order valence-corrected chi connectivity index (χ2v) is 9.51. The fraction of sp³-hybridized carbons (Fsp3) is 0.464. The van der Waals surface area contributed by atoms with Crippen LogP contribution in [0.5, 0.6) is 11.5 Å². The molecule has 1 aliphatic carbocycles. The van der Waals surface area contributed by atoms with Crippen molar-refractivity contribution in [3.63, 3.8) is 0 Å². The molecule has 9 nitrogen and oxygen atoms in total. The normalized spacial score (nSPS) is 14.3. The molecule has 2 N–H and O–H groups in total. The minimum atomic E-state index is -1.27. The molecule has 0 heterocycles. The summed E-state index contributed by atoms with van der Waals surface area (Å²) in [6.45, 7) is 8.06. The Morgan fingerprint density at radius 2 is 1.79 bits per heavy atom. The Hall–Kier alpha value is -3.30. The number of ether oxygens (including phenoxy) is 3. The van der Waals surface area contributed by atoms with Crippen molar-refractivity contribution in [1.82, 2.24) is 10.2 Å². The molecule has 2 aromatic carbocycles. The van der Waals surface area contributed by atoms with E-state index in [1.54, 1.807) is 26.8 Å². The number of carbonyl (C=O) groups excluding carboxylic acids is 2. The van der Waals surface area contributed by atoms with Crippen LogP contribution in [0.1, 0.15) is 68.1 Å². The summed E-state index contributed by atoms with van der Waals surface area (Å²) in [7, 11) is 0. The fourth-order valence-electron chi connectivity index (χ4n) is 4.18. The number of carboxylic acid groups (broad SMARTS) is 1. The average molecular weight is 547 g/mol. The molecule has 0 radical (unpaired) electrons. The number of urea groups is 1. The molecular formula is C28H35ClN2O7. The van der Waals surface area contributed by atoms with E-state index in [1.807, 2.05) is 30.3 Å². The lowest BCUT2D eigenvalue weighted by Crippen LogP contribution is -2.51. The van der Waals surface area contributed by atoms with Crippen molar-refractivity contribution in [1.29, 1.82) is 0 Å². The van der Waals surface area contributed by atoms with E-state index in [1.165, 1.54) is 11.8 Å². The van der Waals surface area contributed by atoms with Gasteiger partial charge in [0.15, 0.2) is 11.5 Å². The third-order valence-electron chi connectivity index (χ3n) is 6.43. The van der Waals surface area contributed by atoms with Crippen LogP contribution < -0.4 is 14.8 Å². The number of halogens is 1. The summed E-state index contributed by atoms with van der Waals surface area (Å²) < 4.78 is 17.3. The molecule has 10 heteroatoms. The van der Waals surface area contributed by atoms with E-state index in [2.05, 4.69) is 5.32 Å². The number of ketones is 1. The summed E-state index contributed by atoms with van der Waals surface area (Å²) in [6.07, 6.45) is 0.718. The van der Waals surface area contributed by atoms with Crippen molar-refractivity contribution in [2.45, 2.75) is 58.7 Å². The molecule has 206 valence electrons. The molecule has 0 bridgehead atoms.